The number of hydrogen-bond acceptors (Lipinski definition) is 5. The number of carboxylic acid groups (broad SMARTS) is 1. The zero-order valence-electron chi connectivity index (χ0n) is 20.0. The van der Waals surface area contributed by atoms with E-state index in [0.717, 1.165) is 31.2 Å². The lowest BCUT2D eigenvalue weighted by Gasteiger charge is -2.33. The van der Waals surface area contributed by atoms with E-state index in [0.29, 0.717) is 31.1 Å². The molecule has 0 spiro atoms. The molecule has 0 bridgehead atoms. The van der Waals surface area contributed by atoms with Gasteiger partial charge < -0.3 is 25.8 Å². The van der Waals surface area contributed by atoms with Crippen molar-refractivity contribution in [3.05, 3.63) is 59.7 Å². The average Bonchev–Trinajstić information content (AvgIpc) is 3.34. The predicted octanol–water partition coefficient (Wildman–Crippen LogP) is 3.48. The van der Waals surface area contributed by atoms with Crippen LogP contribution in [0.2, 0.25) is 0 Å². The Morgan fingerprint density at radius 2 is 1.77 bits per heavy atom. The number of likely N-dealkylation sites (tertiary alicyclic amines) is 1. The highest BCUT2D eigenvalue weighted by Crippen LogP contribution is 2.38. The number of nitrogens with two attached hydrogens (primary N) is 1. The van der Waals surface area contributed by atoms with Gasteiger partial charge in [0, 0.05) is 30.1 Å². The summed E-state index contributed by atoms with van der Waals surface area (Å²) < 4.78 is 5.20. The number of rotatable bonds is 7. The van der Waals surface area contributed by atoms with Crippen LogP contribution in [-0.4, -0.2) is 54.0 Å². The minimum atomic E-state index is -1.11. The maximum absolute atomic E-state index is 13.6. The Morgan fingerprint density at radius 3 is 2.40 bits per heavy atom. The third-order valence-electron chi connectivity index (χ3n) is 7.41. The topological polar surface area (TPSA) is 122 Å². The molecule has 35 heavy (non-hydrogen) atoms. The summed E-state index contributed by atoms with van der Waals surface area (Å²) in [5.74, 6) is -0.939. The molecule has 8 heteroatoms. The van der Waals surface area contributed by atoms with Gasteiger partial charge >= 0.3 is 5.97 Å². The van der Waals surface area contributed by atoms with Crippen LogP contribution >= 0.6 is 0 Å². The van der Waals surface area contributed by atoms with Gasteiger partial charge in [0.05, 0.1) is 7.11 Å². The Bertz CT molecular complexity index is 1070. The predicted molar refractivity (Wildman–Crippen MR) is 132 cm³/mol. The minimum absolute atomic E-state index is 0.0124. The van der Waals surface area contributed by atoms with Crippen molar-refractivity contribution in [1.82, 2.24) is 4.90 Å². The third kappa shape index (κ3) is 5.32. The highest BCUT2D eigenvalue weighted by Gasteiger charge is 2.44. The molecule has 1 saturated heterocycles. The number of amides is 2. The van der Waals surface area contributed by atoms with Crippen molar-refractivity contribution < 1.29 is 24.2 Å². The van der Waals surface area contributed by atoms with Gasteiger partial charge in [-0.3, -0.25) is 9.59 Å². The first kappa shape index (κ1) is 24.7. The molecule has 2 aliphatic rings. The number of carbonyl (C=O) groups excluding carboxylic acids is 2. The van der Waals surface area contributed by atoms with E-state index in [1.54, 1.807) is 4.90 Å². The van der Waals surface area contributed by atoms with Gasteiger partial charge in [0.25, 0.3) is 0 Å². The van der Waals surface area contributed by atoms with Crippen molar-refractivity contribution in [2.45, 2.75) is 44.1 Å². The number of carbonyl (C=O) groups is 3. The molecule has 2 aromatic rings. The maximum Gasteiger partial charge on any atom is 0.339 e. The molecule has 1 heterocycles. The van der Waals surface area contributed by atoms with Gasteiger partial charge in [0.15, 0.2) is 0 Å². The summed E-state index contributed by atoms with van der Waals surface area (Å²) in [5, 5.41) is 12.2. The van der Waals surface area contributed by atoms with Crippen molar-refractivity contribution in [2.24, 2.45) is 17.6 Å². The summed E-state index contributed by atoms with van der Waals surface area (Å²) in [5.41, 5.74) is 7.28. The standard InChI is InChI=1S/C27H33N3O5/c1-35-23-15-20(11-12-22(23)27(33)34)29-25(31)24-21(18-5-3-2-4-6-18)13-14-30(24)26(32)19-9-7-17(16-28)8-10-19/h2-6,11-12,15,17,19,21,24H,7-10,13-14,16,28H2,1H3,(H,29,31)(H,33,34). The third-order valence-corrected chi connectivity index (χ3v) is 7.41. The summed E-state index contributed by atoms with van der Waals surface area (Å²) >= 11 is 0. The molecule has 2 unspecified atom stereocenters. The van der Waals surface area contributed by atoms with E-state index in [1.165, 1.54) is 25.3 Å². The average molecular weight is 480 g/mol. The molecule has 4 N–H and O–H groups in total. The summed E-state index contributed by atoms with van der Waals surface area (Å²) in [6.45, 7) is 1.17. The Morgan fingerprint density at radius 1 is 1.06 bits per heavy atom. The summed E-state index contributed by atoms with van der Waals surface area (Å²) in [7, 11) is 1.38. The Balaban J connectivity index is 1.58. The Labute approximate surface area is 205 Å². The first-order valence-corrected chi connectivity index (χ1v) is 12.2. The molecule has 1 aliphatic carbocycles. The lowest BCUT2D eigenvalue weighted by Crippen LogP contribution is -2.48. The SMILES string of the molecule is COc1cc(NC(=O)C2C(c3ccccc3)CCN2C(=O)C2CCC(CN)CC2)ccc1C(=O)O. The van der Waals surface area contributed by atoms with Gasteiger partial charge in [0.1, 0.15) is 17.4 Å². The molecule has 2 fully saturated rings. The zero-order chi connectivity index (χ0) is 24.9. The van der Waals surface area contributed by atoms with Crippen LogP contribution < -0.4 is 15.8 Å². The minimum Gasteiger partial charge on any atom is -0.496 e. The number of aromatic carboxylic acids is 1. The zero-order valence-corrected chi connectivity index (χ0v) is 20.0. The Kier molecular flexibility index (Phi) is 7.70. The van der Waals surface area contributed by atoms with Gasteiger partial charge in [0.2, 0.25) is 11.8 Å². The molecule has 2 atom stereocenters. The van der Waals surface area contributed by atoms with Crippen LogP contribution in [0.1, 0.15) is 53.9 Å². The lowest BCUT2D eigenvalue weighted by molar-refractivity contribution is -0.141. The highest BCUT2D eigenvalue weighted by molar-refractivity contribution is 5.99. The van der Waals surface area contributed by atoms with Gasteiger partial charge in [-0.05, 0) is 62.3 Å². The van der Waals surface area contributed by atoms with E-state index in [9.17, 15) is 19.5 Å². The Hall–Kier alpha value is -3.39. The first-order valence-electron chi connectivity index (χ1n) is 12.2. The van der Waals surface area contributed by atoms with Gasteiger partial charge in [-0.15, -0.1) is 0 Å². The van der Waals surface area contributed by atoms with Crippen LogP contribution in [0.3, 0.4) is 0 Å². The van der Waals surface area contributed by atoms with E-state index < -0.39 is 12.0 Å². The lowest BCUT2D eigenvalue weighted by atomic mass is 9.81. The number of nitrogens with one attached hydrogen (secondary N) is 1. The molecule has 2 aromatic carbocycles. The number of anilines is 1. The number of benzene rings is 2. The number of carboxylic acids is 1. The molecular formula is C27H33N3O5. The van der Waals surface area contributed by atoms with E-state index in [-0.39, 0.29) is 35.0 Å². The summed E-state index contributed by atoms with van der Waals surface area (Å²) in [6, 6.07) is 13.6. The van der Waals surface area contributed by atoms with Crippen molar-refractivity contribution in [2.75, 3.05) is 25.5 Å². The first-order chi connectivity index (χ1) is 16.9. The van der Waals surface area contributed by atoms with Crippen LogP contribution in [0.25, 0.3) is 0 Å². The van der Waals surface area contributed by atoms with Crippen molar-refractivity contribution in [1.29, 1.82) is 0 Å². The smallest absolute Gasteiger partial charge is 0.339 e. The summed E-state index contributed by atoms with van der Waals surface area (Å²) in [4.78, 5) is 40.4. The molecule has 186 valence electrons. The van der Waals surface area contributed by atoms with Crippen molar-refractivity contribution in [3.63, 3.8) is 0 Å². The van der Waals surface area contributed by atoms with Crippen LogP contribution in [0.4, 0.5) is 5.69 Å². The van der Waals surface area contributed by atoms with Crippen LogP contribution in [0.15, 0.2) is 48.5 Å². The normalized spacial score (nSPS) is 24.1. The van der Waals surface area contributed by atoms with E-state index in [2.05, 4.69) is 5.32 Å². The molecule has 8 nitrogen and oxygen atoms in total. The second-order valence-electron chi connectivity index (χ2n) is 9.45. The highest BCUT2D eigenvalue weighted by atomic mass is 16.5. The van der Waals surface area contributed by atoms with Gasteiger partial charge in [-0.1, -0.05) is 30.3 Å². The van der Waals surface area contributed by atoms with Crippen LogP contribution in [-0.2, 0) is 9.59 Å². The second-order valence-corrected chi connectivity index (χ2v) is 9.45. The van der Waals surface area contributed by atoms with E-state index in [4.69, 9.17) is 10.5 Å². The van der Waals surface area contributed by atoms with Gasteiger partial charge in [-0.25, -0.2) is 4.79 Å². The van der Waals surface area contributed by atoms with Crippen LogP contribution in [0, 0.1) is 11.8 Å². The quantitative estimate of drug-likeness (QED) is 0.559. The van der Waals surface area contributed by atoms with E-state index >= 15 is 0 Å². The van der Waals surface area contributed by atoms with Crippen molar-refractivity contribution >= 4 is 23.5 Å². The fourth-order valence-electron chi connectivity index (χ4n) is 5.45. The molecular weight excluding hydrogens is 446 g/mol. The molecule has 0 radical (unpaired) electrons. The molecule has 2 amide bonds. The fraction of sp³-hybridized carbons (Fsp3) is 0.444. The van der Waals surface area contributed by atoms with Crippen LogP contribution in [0.5, 0.6) is 5.75 Å². The fourth-order valence-corrected chi connectivity index (χ4v) is 5.45. The largest absolute Gasteiger partial charge is 0.496 e. The number of methoxy groups -OCH3 is 1. The van der Waals surface area contributed by atoms with Gasteiger partial charge in [-0.2, -0.15) is 0 Å². The van der Waals surface area contributed by atoms with E-state index in [1.807, 2.05) is 30.3 Å². The monoisotopic (exact) mass is 479 g/mol. The maximum atomic E-state index is 13.6. The number of ether oxygens (including phenoxy) is 1. The molecule has 0 aromatic heterocycles. The number of hydrogen-bond donors (Lipinski definition) is 3. The van der Waals surface area contributed by atoms with Crippen molar-refractivity contribution in [3.8, 4) is 5.75 Å². The molecule has 1 aliphatic heterocycles. The number of nitrogens with zero attached hydrogens (tertiary/aromatic N) is 1. The second kappa shape index (κ2) is 10.9. The molecule has 1 saturated carbocycles. The molecule has 4 rings (SSSR count). The summed E-state index contributed by atoms with van der Waals surface area (Å²) in [6.07, 6.45) is 4.18.